The fourth-order valence-electron chi connectivity index (χ4n) is 5.00. The summed E-state index contributed by atoms with van der Waals surface area (Å²) < 4.78 is 35.6. The van der Waals surface area contributed by atoms with E-state index in [-0.39, 0.29) is 0 Å². The number of hydrogen-bond donors (Lipinski definition) is 0. The van der Waals surface area contributed by atoms with E-state index in [1.165, 1.54) is 0 Å². The quantitative estimate of drug-likeness (QED) is 0.177. The molecule has 0 radical (unpaired) electrons. The molecule has 192 valence electrons. The van der Waals surface area contributed by atoms with Crippen molar-refractivity contribution in [3.63, 3.8) is 0 Å². The number of benzene rings is 4. The molecular weight excluding hydrogens is 480 g/mol. The van der Waals surface area contributed by atoms with Crippen LogP contribution in [0.15, 0.2) is 94.2 Å². The summed E-state index contributed by atoms with van der Waals surface area (Å²) in [5.74, 6) is 0. The van der Waals surface area contributed by atoms with Crippen molar-refractivity contribution in [1.82, 2.24) is 9.21 Å². The lowest BCUT2D eigenvalue weighted by Crippen LogP contribution is -2.32. The van der Waals surface area contributed by atoms with Crippen LogP contribution in [0.5, 0.6) is 0 Å². The molecule has 0 fully saturated rings. The smallest absolute Gasteiger partial charge is 0.243 e. The minimum atomic E-state index is -3.72. The van der Waals surface area contributed by atoms with Gasteiger partial charge in [0.15, 0.2) is 0 Å². The second-order valence-corrected chi connectivity index (χ2v) is 11.4. The van der Waals surface area contributed by atoms with Gasteiger partial charge in [-0.3, -0.25) is 0 Å². The van der Waals surface area contributed by atoms with Gasteiger partial charge in [0.05, 0.1) is 4.90 Å². The van der Waals surface area contributed by atoms with Crippen molar-refractivity contribution in [3.8, 4) is 0 Å². The van der Waals surface area contributed by atoms with Gasteiger partial charge in [0.1, 0.15) is 11.2 Å². The van der Waals surface area contributed by atoms with E-state index in [2.05, 4.69) is 43.0 Å². The maximum Gasteiger partial charge on any atom is 0.243 e. The number of furan rings is 1. The molecule has 6 heteroatoms. The lowest BCUT2D eigenvalue weighted by Gasteiger charge is -2.24. The zero-order valence-electron chi connectivity index (χ0n) is 21.6. The van der Waals surface area contributed by atoms with E-state index in [4.69, 9.17) is 4.42 Å². The summed E-state index contributed by atoms with van der Waals surface area (Å²) in [6, 6.07) is 27.3. The lowest BCUT2D eigenvalue weighted by atomic mass is 10.1. The van der Waals surface area contributed by atoms with Crippen molar-refractivity contribution in [1.29, 1.82) is 0 Å². The van der Waals surface area contributed by atoms with Crippen LogP contribution >= 0.6 is 0 Å². The maximum atomic E-state index is 14.0. The van der Waals surface area contributed by atoms with E-state index >= 15 is 0 Å². The Hall–Kier alpha value is -3.19. The standard InChI is InChI=1S/C31H34N2O3S/c1-3-32(4-2)19-9-10-20-33(23-24-15-16-25-11-5-6-12-26(25)21-24)37(34,35)27-17-18-31-29(22-27)28-13-7-8-14-30(28)36-31/h5-8,11-18,21-22H,3-4,9-10,19-20,23H2,1-2H3. The Morgan fingerprint density at radius 3 is 2.22 bits per heavy atom. The summed E-state index contributed by atoms with van der Waals surface area (Å²) in [6.07, 6.45) is 1.76. The number of hydrogen-bond acceptors (Lipinski definition) is 4. The first-order valence-corrected chi connectivity index (χ1v) is 14.5. The molecule has 0 saturated carbocycles. The molecule has 5 nitrogen and oxygen atoms in total. The number of sulfonamides is 1. The number of fused-ring (bicyclic) bond motifs is 4. The van der Waals surface area contributed by atoms with Crippen LogP contribution in [0.1, 0.15) is 32.3 Å². The van der Waals surface area contributed by atoms with Crippen LogP contribution in [0.25, 0.3) is 32.7 Å². The topological polar surface area (TPSA) is 53.8 Å². The van der Waals surface area contributed by atoms with Gasteiger partial charge >= 0.3 is 0 Å². The molecule has 37 heavy (non-hydrogen) atoms. The third-order valence-electron chi connectivity index (χ3n) is 7.19. The van der Waals surface area contributed by atoms with Gasteiger partial charge in [-0.1, -0.05) is 68.4 Å². The molecule has 5 aromatic rings. The Morgan fingerprint density at radius 1 is 0.703 bits per heavy atom. The van der Waals surface area contributed by atoms with Gasteiger partial charge in [-0.15, -0.1) is 0 Å². The summed E-state index contributed by atoms with van der Waals surface area (Å²) in [4.78, 5) is 2.68. The highest BCUT2D eigenvalue weighted by atomic mass is 32.2. The van der Waals surface area contributed by atoms with Gasteiger partial charge in [0, 0.05) is 23.9 Å². The molecule has 0 N–H and O–H groups in total. The lowest BCUT2D eigenvalue weighted by molar-refractivity contribution is 0.289. The molecular formula is C31H34N2O3S. The van der Waals surface area contributed by atoms with Crippen molar-refractivity contribution in [2.24, 2.45) is 0 Å². The fourth-order valence-corrected chi connectivity index (χ4v) is 6.50. The van der Waals surface area contributed by atoms with Crippen LogP contribution in [0.3, 0.4) is 0 Å². The highest BCUT2D eigenvalue weighted by molar-refractivity contribution is 7.89. The van der Waals surface area contributed by atoms with E-state index in [1.807, 2.05) is 42.5 Å². The van der Waals surface area contributed by atoms with Crippen LogP contribution in [-0.4, -0.2) is 43.8 Å². The molecule has 0 aliphatic rings. The van der Waals surface area contributed by atoms with Crippen molar-refractivity contribution in [3.05, 3.63) is 90.5 Å². The van der Waals surface area contributed by atoms with E-state index in [9.17, 15) is 8.42 Å². The third-order valence-corrected chi connectivity index (χ3v) is 9.03. The summed E-state index contributed by atoms with van der Waals surface area (Å²) in [6.45, 7) is 8.13. The third kappa shape index (κ3) is 5.42. The van der Waals surface area contributed by atoms with Gasteiger partial charge in [-0.2, -0.15) is 4.31 Å². The van der Waals surface area contributed by atoms with E-state index < -0.39 is 10.0 Å². The van der Waals surface area contributed by atoms with Crippen molar-refractivity contribution in [2.75, 3.05) is 26.2 Å². The number of unbranched alkanes of at least 4 members (excludes halogenated alkanes) is 1. The Labute approximate surface area is 219 Å². The first kappa shape index (κ1) is 25.5. The summed E-state index contributed by atoms with van der Waals surface area (Å²) in [7, 11) is -3.72. The minimum Gasteiger partial charge on any atom is -0.456 e. The SMILES string of the molecule is CCN(CC)CCCCN(Cc1ccc2ccccc2c1)S(=O)(=O)c1ccc2oc3ccccc3c2c1. The van der Waals surface area contributed by atoms with Crippen LogP contribution in [0, 0.1) is 0 Å². The van der Waals surface area contributed by atoms with Gasteiger partial charge in [0.2, 0.25) is 10.0 Å². The minimum absolute atomic E-state index is 0.302. The van der Waals surface area contributed by atoms with E-state index in [0.29, 0.717) is 23.6 Å². The maximum absolute atomic E-state index is 14.0. The molecule has 5 rings (SSSR count). The first-order chi connectivity index (χ1) is 18.0. The molecule has 1 aromatic heterocycles. The van der Waals surface area contributed by atoms with E-state index in [1.54, 1.807) is 22.5 Å². The monoisotopic (exact) mass is 514 g/mol. The summed E-state index contributed by atoms with van der Waals surface area (Å²) in [5.41, 5.74) is 2.44. The molecule has 0 aliphatic heterocycles. The van der Waals surface area contributed by atoms with Crippen LogP contribution in [0.2, 0.25) is 0 Å². The van der Waals surface area contributed by atoms with Gasteiger partial charge in [-0.25, -0.2) is 8.42 Å². The van der Waals surface area contributed by atoms with Gasteiger partial charge < -0.3 is 9.32 Å². The molecule has 0 saturated heterocycles. The van der Waals surface area contributed by atoms with Crippen molar-refractivity contribution in [2.45, 2.75) is 38.1 Å². The second-order valence-electron chi connectivity index (χ2n) is 9.51. The Balaban J connectivity index is 1.46. The zero-order valence-corrected chi connectivity index (χ0v) is 22.4. The number of nitrogens with zero attached hydrogens (tertiary/aromatic N) is 2. The summed E-state index contributed by atoms with van der Waals surface area (Å²) in [5, 5.41) is 4.01. The molecule has 4 aromatic carbocycles. The Bertz CT molecular complexity index is 1620. The molecule has 0 amide bonds. The molecule has 0 bridgehead atoms. The molecule has 0 unspecified atom stereocenters. The predicted octanol–water partition coefficient (Wildman–Crippen LogP) is 7.05. The van der Waals surface area contributed by atoms with Crippen molar-refractivity contribution < 1.29 is 12.8 Å². The zero-order chi connectivity index (χ0) is 25.8. The predicted molar refractivity (Wildman–Crippen MR) is 152 cm³/mol. The second kappa shape index (κ2) is 11.1. The average molecular weight is 515 g/mol. The first-order valence-electron chi connectivity index (χ1n) is 13.1. The molecule has 0 spiro atoms. The van der Waals surface area contributed by atoms with Gasteiger partial charge in [-0.05, 0) is 79.1 Å². The Kier molecular flexibility index (Phi) is 7.60. The van der Waals surface area contributed by atoms with Crippen LogP contribution < -0.4 is 0 Å². The summed E-state index contributed by atoms with van der Waals surface area (Å²) >= 11 is 0. The van der Waals surface area contributed by atoms with Crippen molar-refractivity contribution >= 4 is 42.7 Å². The average Bonchev–Trinajstić information content (AvgIpc) is 3.30. The number of para-hydroxylation sites is 1. The fraction of sp³-hybridized carbons (Fsp3) is 0.290. The Morgan fingerprint density at radius 2 is 1.41 bits per heavy atom. The molecule has 1 heterocycles. The normalized spacial score (nSPS) is 12.4. The molecule has 0 atom stereocenters. The largest absolute Gasteiger partial charge is 0.456 e. The number of rotatable bonds is 11. The highest BCUT2D eigenvalue weighted by Crippen LogP contribution is 2.31. The van der Waals surface area contributed by atoms with Gasteiger partial charge in [0.25, 0.3) is 0 Å². The molecule has 0 aliphatic carbocycles. The van der Waals surface area contributed by atoms with Crippen LogP contribution in [0.4, 0.5) is 0 Å². The highest BCUT2D eigenvalue weighted by Gasteiger charge is 2.25. The van der Waals surface area contributed by atoms with E-state index in [0.717, 1.165) is 65.2 Å². The van der Waals surface area contributed by atoms with Crippen LogP contribution in [-0.2, 0) is 16.6 Å².